The molecule has 0 spiro atoms. The summed E-state index contributed by atoms with van der Waals surface area (Å²) in [6.45, 7) is 1.75. The zero-order valence-electron chi connectivity index (χ0n) is 9.66. The molecule has 1 unspecified atom stereocenters. The van der Waals surface area contributed by atoms with Crippen molar-refractivity contribution < 1.29 is 17.6 Å². The van der Waals surface area contributed by atoms with E-state index in [1.807, 2.05) is 0 Å². The van der Waals surface area contributed by atoms with Crippen molar-refractivity contribution in [2.75, 3.05) is 0 Å². The van der Waals surface area contributed by atoms with E-state index in [0.717, 1.165) is 12.1 Å². The number of benzene rings is 1. The van der Waals surface area contributed by atoms with Gasteiger partial charge in [0, 0.05) is 0 Å². The first-order chi connectivity index (χ1) is 8.38. The zero-order chi connectivity index (χ0) is 13.3. The predicted molar refractivity (Wildman–Crippen MR) is 60.9 cm³/mol. The van der Waals surface area contributed by atoms with Gasteiger partial charge in [0.25, 0.3) is 0 Å². The first kappa shape index (κ1) is 12.7. The topological polar surface area (TPSA) is 39.2 Å². The quantitative estimate of drug-likeness (QED) is 0.889. The normalized spacial score (nSPS) is 13.6. The highest BCUT2D eigenvalue weighted by atomic mass is 19.4. The third kappa shape index (κ3) is 2.56. The van der Waals surface area contributed by atoms with Crippen molar-refractivity contribution in [1.29, 1.82) is 0 Å². The molecule has 2 rings (SSSR count). The highest BCUT2D eigenvalue weighted by molar-refractivity contribution is 5.32. The largest absolute Gasteiger partial charge is 0.464 e. The van der Waals surface area contributed by atoms with Crippen molar-refractivity contribution in [2.24, 2.45) is 5.73 Å². The SMILES string of the molecule is Cc1ccc(C(N)c2cccc(C(F)(F)F)c2)o1. The van der Waals surface area contributed by atoms with E-state index >= 15 is 0 Å². The fourth-order valence-corrected chi connectivity index (χ4v) is 1.69. The smallest absolute Gasteiger partial charge is 0.416 e. The Morgan fingerprint density at radius 1 is 1.17 bits per heavy atom. The summed E-state index contributed by atoms with van der Waals surface area (Å²) in [5.74, 6) is 1.12. The van der Waals surface area contributed by atoms with Crippen LogP contribution in [0.15, 0.2) is 40.8 Å². The van der Waals surface area contributed by atoms with E-state index in [1.54, 1.807) is 25.1 Å². The molecule has 1 heterocycles. The van der Waals surface area contributed by atoms with Gasteiger partial charge >= 0.3 is 6.18 Å². The van der Waals surface area contributed by atoms with E-state index in [2.05, 4.69) is 0 Å². The maximum absolute atomic E-state index is 12.6. The van der Waals surface area contributed by atoms with Crippen LogP contribution >= 0.6 is 0 Å². The van der Waals surface area contributed by atoms with Gasteiger partial charge in [-0.25, -0.2) is 0 Å². The van der Waals surface area contributed by atoms with Gasteiger partial charge < -0.3 is 10.2 Å². The summed E-state index contributed by atoms with van der Waals surface area (Å²) < 4.78 is 43.0. The van der Waals surface area contributed by atoms with Gasteiger partial charge in [0.15, 0.2) is 0 Å². The van der Waals surface area contributed by atoms with Crippen molar-refractivity contribution in [3.05, 3.63) is 59.0 Å². The lowest BCUT2D eigenvalue weighted by Gasteiger charge is -2.12. The monoisotopic (exact) mass is 255 g/mol. The molecule has 0 aliphatic heterocycles. The lowest BCUT2D eigenvalue weighted by molar-refractivity contribution is -0.137. The molecule has 0 fully saturated rings. The minimum absolute atomic E-state index is 0.374. The van der Waals surface area contributed by atoms with Crippen LogP contribution in [0.3, 0.4) is 0 Å². The Kier molecular flexibility index (Phi) is 3.17. The minimum atomic E-state index is -4.37. The molecule has 1 aromatic heterocycles. The second-order valence-corrected chi connectivity index (χ2v) is 4.05. The van der Waals surface area contributed by atoms with E-state index in [4.69, 9.17) is 10.2 Å². The number of nitrogens with two attached hydrogens (primary N) is 1. The Labute approximate surface area is 102 Å². The fourth-order valence-electron chi connectivity index (χ4n) is 1.69. The number of rotatable bonds is 2. The maximum atomic E-state index is 12.6. The highest BCUT2D eigenvalue weighted by Crippen LogP contribution is 2.31. The zero-order valence-corrected chi connectivity index (χ0v) is 9.66. The van der Waals surface area contributed by atoms with Crippen molar-refractivity contribution in [1.82, 2.24) is 0 Å². The van der Waals surface area contributed by atoms with E-state index in [1.165, 1.54) is 6.07 Å². The molecule has 1 aromatic carbocycles. The molecule has 0 radical (unpaired) electrons. The van der Waals surface area contributed by atoms with Gasteiger partial charge in [0.2, 0.25) is 0 Å². The minimum Gasteiger partial charge on any atom is -0.464 e. The Morgan fingerprint density at radius 3 is 2.44 bits per heavy atom. The lowest BCUT2D eigenvalue weighted by atomic mass is 10.0. The van der Waals surface area contributed by atoms with Gasteiger partial charge in [-0.1, -0.05) is 12.1 Å². The summed E-state index contributed by atoms with van der Waals surface area (Å²) in [6, 6.07) is 7.65. The molecule has 2 N–H and O–H groups in total. The second-order valence-electron chi connectivity index (χ2n) is 4.05. The average Bonchev–Trinajstić information content (AvgIpc) is 2.74. The first-order valence-corrected chi connectivity index (χ1v) is 5.37. The van der Waals surface area contributed by atoms with Crippen LogP contribution in [0.5, 0.6) is 0 Å². The Hall–Kier alpha value is -1.75. The molecule has 0 aliphatic rings. The summed E-state index contributed by atoms with van der Waals surface area (Å²) >= 11 is 0. The number of furan rings is 1. The van der Waals surface area contributed by atoms with E-state index in [9.17, 15) is 13.2 Å². The van der Waals surface area contributed by atoms with E-state index < -0.39 is 17.8 Å². The number of hydrogen-bond donors (Lipinski definition) is 1. The molecular weight excluding hydrogens is 243 g/mol. The standard InChI is InChI=1S/C13H12F3NO/c1-8-5-6-11(18-8)12(17)9-3-2-4-10(7-9)13(14,15)16/h2-7,12H,17H2,1H3. The molecule has 5 heteroatoms. The highest BCUT2D eigenvalue weighted by Gasteiger charge is 2.31. The molecular formula is C13H12F3NO. The van der Waals surface area contributed by atoms with Crippen LogP contribution < -0.4 is 5.73 Å². The van der Waals surface area contributed by atoms with Crippen LogP contribution in [0.2, 0.25) is 0 Å². The third-order valence-corrected chi connectivity index (χ3v) is 2.64. The second kappa shape index (κ2) is 4.49. The maximum Gasteiger partial charge on any atom is 0.416 e. The van der Waals surface area contributed by atoms with Crippen LogP contribution in [0.4, 0.5) is 13.2 Å². The Morgan fingerprint density at radius 2 is 1.89 bits per heavy atom. The van der Waals surface area contributed by atoms with Gasteiger partial charge in [0.05, 0.1) is 11.6 Å². The van der Waals surface area contributed by atoms with Gasteiger partial charge in [-0.3, -0.25) is 0 Å². The van der Waals surface area contributed by atoms with Crippen LogP contribution in [-0.2, 0) is 6.18 Å². The number of aryl methyl sites for hydroxylation is 1. The lowest BCUT2D eigenvalue weighted by Crippen LogP contribution is -2.13. The average molecular weight is 255 g/mol. The number of alkyl halides is 3. The molecule has 0 amide bonds. The Balaban J connectivity index is 2.34. The fraction of sp³-hybridized carbons (Fsp3) is 0.231. The number of halogens is 3. The van der Waals surface area contributed by atoms with Crippen LogP contribution in [0.25, 0.3) is 0 Å². The van der Waals surface area contributed by atoms with Crippen molar-refractivity contribution in [3.63, 3.8) is 0 Å². The van der Waals surface area contributed by atoms with Crippen LogP contribution in [0.1, 0.15) is 28.7 Å². The van der Waals surface area contributed by atoms with Crippen LogP contribution in [0, 0.1) is 6.92 Å². The van der Waals surface area contributed by atoms with Gasteiger partial charge in [-0.2, -0.15) is 13.2 Å². The van der Waals surface area contributed by atoms with Crippen molar-refractivity contribution >= 4 is 0 Å². The first-order valence-electron chi connectivity index (χ1n) is 5.37. The predicted octanol–water partition coefficient (Wildman–Crippen LogP) is 3.65. The van der Waals surface area contributed by atoms with Gasteiger partial charge in [-0.15, -0.1) is 0 Å². The molecule has 0 aliphatic carbocycles. The van der Waals surface area contributed by atoms with Gasteiger partial charge in [0.1, 0.15) is 11.5 Å². The molecule has 18 heavy (non-hydrogen) atoms. The summed E-state index contributed by atoms with van der Waals surface area (Å²) in [4.78, 5) is 0. The summed E-state index contributed by atoms with van der Waals surface area (Å²) in [5.41, 5.74) is 5.55. The molecule has 0 saturated carbocycles. The molecule has 2 aromatic rings. The van der Waals surface area contributed by atoms with E-state index in [-0.39, 0.29) is 0 Å². The van der Waals surface area contributed by atoms with Crippen LogP contribution in [-0.4, -0.2) is 0 Å². The van der Waals surface area contributed by atoms with Gasteiger partial charge in [-0.05, 0) is 36.8 Å². The molecule has 0 bridgehead atoms. The summed E-state index contributed by atoms with van der Waals surface area (Å²) in [5, 5.41) is 0. The molecule has 2 nitrogen and oxygen atoms in total. The van der Waals surface area contributed by atoms with E-state index in [0.29, 0.717) is 17.1 Å². The molecule has 96 valence electrons. The third-order valence-electron chi connectivity index (χ3n) is 2.64. The summed E-state index contributed by atoms with van der Waals surface area (Å²) in [6.07, 6.45) is -4.37. The number of hydrogen-bond acceptors (Lipinski definition) is 2. The van der Waals surface area contributed by atoms with Crippen molar-refractivity contribution in [2.45, 2.75) is 19.1 Å². The molecule has 0 saturated heterocycles. The Bertz CT molecular complexity index is 545. The molecule has 1 atom stereocenters. The van der Waals surface area contributed by atoms with Crippen molar-refractivity contribution in [3.8, 4) is 0 Å². The summed E-state index contributed by atoms with van der Waals surface area (Å²) in [7, 11) is 0.